The number of hydrogen-bond acceptors (Lipinski definition) is 16. The average molecular weight is 870 g/mol. The fourth-order valence-electron chi connectivity index (χ4n) is 8.14. The smallest absolute Gasteiger partial charge is 0.303 e. The highest BCUT2D eigenvalue weighted by Gasteiger charge is 2.59. The first kappa shape index (κ1) is 47.2. The van der Waals surface area contributed by atoms with Crippen LogP contribution < -0.4 is 10.4 Å². The molecule has 2 saturated heterocycles. The summed E-state index contributed by atoms with van der Waals surface area (Å²) in [5.74, 6) is -4.68. The van der Waals surface area contributed by atoms with E-state index in [0.717, 1.165) is 43.0 Å². The summed E-state index contributed by atoms with van der Waals surface area (Å²) in [5, 5.41) is 13.9. The third kappa shape index (κ3) is 9.96. The first-order valence-electron chi connectivity index (χ1n) is 19.9. The number of esters is 4. The van der Waals surface area contributed by atoms with Crippen LogP contribution in [0.1, 0.15) is 62.3 Å². The number of benzene rings is 2. The molecule has 61 heavy (non-hydrogen) atoms. The molecule has 0 radical (unpaired) electrons. The van der Waals surface area contributed by atoms with Crippen molar-refractivity contribution in [1.82, 2.24) is 4.90 Å². The molecular weight excluding hydrogens is 815 g/mol. The summed E-state index contributed by atoms with van der Waals surface area (Å²) in [4.78, 5) is 77.9. The summed E-state index contributed by atoms with van der Waals surface area (Å²) >= 11 is 0. The van der Waals surface area contributed by atoms with E-state index >= 15 is 0 Å². The molecule has 17 nitrogen and oxygen atoms in total. The maximum atomic E-state index is 13.7. The Bertz CT molecular complexity index is 1900. The highest BCUT2D eigenvalue weighted by atomic mass is 28.4. The zero-order valence-corrected chi connectivity index (χ0v) is 37.0. The Morgan fingerprint density at radius 2 is 1.13 bits per heavy atom. The predicted octanol–water partition coefficient (Wildman–Crippen LogP) is 1.84. The number of imide groups is 1. The number of methoxy groups -OCH3 is 1. The summed E-state index contributed by atoms with van der Waals surface area (Å²) in [6, 6.07) is 17.9. The first-order chi connectivity index (χ1) is 28.7. The summed E-state index contributed by atoms with van der Waals surface area (Å²) in [7, 11) is -2.02. The van der Waals surface area contributed by atoms with Crippen LogP contribution in [-0.4, -0.2) is 136 Å². The summed E-state index contributed by atoms with van der Waals surface area (Å²) in [6.07, 6.45) is -14.0. The van der Waals surface area contributed by atoms with Gasteiger partial charge < -0.3 is 47.4 Å². The van der Waals surface area contributed by atoms with Gasteiger partial charge in [0.15, 0.2) is 30.9 Å². The molecule has 0 bridgehead atoms. The molecule has 332 valence electrons. The molecule has 0 spiro atoms. The van der Waals surface area contributed by atoms with E-state index in [4.69, 9.17) is 42.3 Å². The Balaban J connectivity index is 1.65. The lowest BCUT2D eigenvalue weighted by molar-refractivity contribution is -0.351. The summed E-state index contributed by atoms with van der Waals surface area (Å²) < 4.78 is 54.4. The number of amides is 2. The molecule has 0 aromatic heterocycles. The number of aliphatic hydroxyl groups is 1. The molecule has 10 atom stereocenters. The Hall–Kier alpha value is -4.82. The van der Waals surface area contributed by atoms with Crippen LogP contribution >= 0.6 is 0 Å². The maximum absolute atomic E-state index is 13.7. The minimum Gasteiger partial charge on any atom is -0.463 e. The van der Waals surface area contributed by atoms with Crippen molar-refractivity contribution in [2.24, 2.45) is 0 Å². The van der Waals surface area contributed by atoms with Crippen molar-refractivity contribution < 1.29 is 76.2 Å². The van der Waals surface area contributed by atoms with Crippen molar-refractivity contribution in [3.63, 3.8) is 0 Å². The number of carbonyl (C=O) groups is 6. The topological polar surface area (TPSA) is 209 Å². The van der Waals surface area contributed by atoms with Gasteiger partial charge in [0.1, 0.15) is 37.1 Å². The molecule has 18 heteroatoms. The van der Waals surface area contributed by atoms with Gasteiger partial charge in [0.05, 0.1) is 6.61 Å². The first-order valence-corrected chi connectivity index (χ1v) is 21.8. The van der Waals surface area contributed by atoms with Crippen LogP contribution in [0.15, 0.2) is 71.8 Å². The molecule has 1 N–H and O–H groups in total. The molecule has 3 aliphatic heterocycles. The van der Waals surface area contributed by atoms with Crippen LogP contribution in [0, 0.1) is 0 Å². The van der Waals surface area contributed by atoms with E-state index in [9.17, 15) is 33.9 Å². The van der Waals surface area contributed by atoms with Gasteiger partial charge >= 0.3 is 23.9 Å². The van der Waals surface area contributed by atoms with E-state index in [0.29, 0.717) is 0 Å². The minimum atomic E-state index is -3.31. The van der Waals surface area contributed by atoms with E-state index in [1.807, 2.05) is 60.7 Å². The highest BCUT2D eigenvalue weighted by Crippen LogP contribution is 2.40. The van der Waals surface area contributed by atoms with Gasteiger partial charge in [0.25, 0.3) is 20.1 Å². The van der Waals surface area contributed by atoms with Crippen LogP contribution in [0.25, 0.3) is 0 Å². The molecule has 3 heterocycles. The minimum absolute atomic E-state index is 0.154. The zero-order valence-electron chi connectivity index (χ0n) is 36.0. The predicted molar refractivity (Wildman–Crippen MR) is 216 cm³/mol. The van der Waals surface area contributed by atoms with Crippen molar-refractivity contribution in [3.8, 4) is 0 Å². The van der Waals surface area contributed by atoms with Crippen molar-refractivity contribution in [3.05, 3.63) is 71.8 Å². The highest BCUT2D eigenvalue weighted by molar-refractivity contribution is 6.99. The van der Waals surface area contributed by atoms with Crippen molar-refractivity contribution in [2.45, 2.75) is 129 Å². The largest absolute Gasteiger partial charge is 0.463 e. The third-order valence-electron chi connectivity index (χ3n) is 10.9. The van der Waals surface area contributed by atoms with Crippen molar-refractivity contribution >= 4 is 54.4 Å². The number of carbonyl (C=O) groups excluding carboxylic acids is 6. The van der Waals surface area contributed by atoms with E-state index < -0.39 is 117 Å². The van der Waals surface area contributed by atoms with Gasteiger partial charge in [-0.3, -0.25) is 33.7 Å². The standard InChI is InChI=1S/C43H55NO16Si/c1-23-24(2)40(51)44(39(23)50)33-34(49)35(60-42-38(57-28(6)48)37(56-27(5)47)36(55-26(4)46)31(59-42)21-53-25(3)45)32(58-41(33)52-10)22-54-61(43(7,8)9,29-17-13-11-14-18-29)30-19-15-12-16-20-30/h11-20,31-38,41-42,49H,21-22H2,1-10H3/t31-,32-,33-,34-,35-,36+,37+,38-,41-,42+/m1/s1. The number of ether oxygens (including phenoxy) is 8. The van der Waals surface area contributed by atoms with Crippen LogP contribution in [0.5, 0.6) is 0 Å². The molecule has 0 aliphatic carbocycles. The number of nitrogens with zero attached hydrogens (tertiary/aromatic N) is 1. The molecule has 2 amide bonds. The third-order valence-corrected chi connectivity index (χ3v) is 15.9. The second-order valence-corrected chi connectivity index (χ2v) is 20.4. The molecule has 2 aromatic rings. The average Bonchev–Trinajstić information content (AvgIpc) is 3.38. The second kappa shape index (κ2) is 19.5. The zero-order chi connectivity index (χ0) is 45.0. The van der Waals surface area contributed by atoms with Gasteiger partial charge in [-0.1, -0.05) is 81.4 Å². The van der Waals surface area contributed by atoms with E-state index in [1.54, 1.807) is 0 Å². The Morgan fingerprint density at radius 3 is 1.59 bits per heavy atom. The summed E-state index contributed by atoms with van der Waals surface area (Å²) in [5.41, 5.74) is 0.308. The molecule has 2 aromatic carbocycles. The number of rotatable bonds is 14. The van der Waals surface area contributed by atoms with Crippen LogP contribution in [0.2, 0.25) is 5.04 Å². The lowest BCUT2D eigenvalue weighted by Gasteiger charge is -2.50. The normalized spacial score (nSPS) is 28.3. The Kier molecular flexibility index (Phi) is 15.1. The van der Waals surface area contributed by atoms with Gasteiger partial charge in [-0.05, 0) is 29.3 Å². The lowest BCUT2D eigenvalue weighted by atomic mass is 9.94. The fraction of sp³-hybridized carbons (Fsp3) is 0.535. The van der Waals surface area contributed by atoms with Crippen LogP contribution in [0.3, 0.4) is 0 Å². The maximum Gasteiger partial charge on any atom is 0.303 e. The SMILES string of the molecule is CO[C@@H]1O[C@H](CO[Si](c2ccccc2)(c2ccccc2)C(C)(C)C)[C@@H](O[C@@H]2O[C@H](COC(C)=O)[C@H](OC(C)=O)[C@H](OC(C)=O)[C@H]2OC(C)=O)[C@H](O)[C@H]1N1C(=O)C(C)=C(C)C1=O. The molecule has 3 aliphatic rings. The Labute approximate surface area is 355 Å². The van der Waals surface area contributed by atoms with Gasteiger partial charge in [0, 0.05) is 46.0 Å². The van der Waals surface area contributed by atoms with E-state index in [1.165, 1.54) is 21.0 Å². The van der Waals surface area contributed by atoms with Crippen LogP contribution in [-0.2, 0) is 71.1 Å². The van der Waals surface area contributed by atoms with Gasteiger partial charge in [-0.15, -0.1) is 0 Å². The molecular formula is C43H55NO16Si. The Morgan fingerprint density at radius 1 is 0.672 bits per heavy atom. The van der Waals surface area contributed by atoms with Crippen LogP contribution in [0.4, 0.5) is 0 Å². The van der Waals surface area contributed by atoms with Crippen molar-refractivity contribution in [2.75, 3.05) is 20.3 Å². The fourth-order valence-corrected chi connectivity index (χ4v) is 12.7. The van der Waals surface area contributed by atoms with Gasteiger partial charge in [0.2, 0.25) is 0 Å². The lowest BCUT2D eigenvalue weighted by Crippen LogP contribution is -2.71. The molecule has 5 rings (SSSR count). The monoisotopic (exact) mass is 869 g/mol. The number of aliphatic hydroxyl groups excluding tert-OH is 1. The quantitative estimate of drug-likeness (QED) is 0.124. The molecule has 0 saturated carbocycles. The van der Waals surface area contributed by atoms with E-state index in [2.05, 4.69) is 20.8 Å². The van der Waals surface area contributed by atoms with E-state index in [-0.39, 0.29) is 17.8 Å². The second-order valence-electron chi connectivity index (χ2n) is 16.1. The number of hydrogen-bond donors (Lipinski definition) is 1. The summed E-state index contributed by atoms with van der Waals surface area (Å²) in [6.45, 7) is 12.7. The molecule has 0 unspecified atom stereocenters. The van der Waals surface area contributed by atoms with Crippen molar-refractivity contribution in [1.29, 1.82) is 0 Å². The molecule has 2 fully saturated rings. The van der Waals surface area contributed by atoms with Gasteiger partial charge in [-0.2, -0.15) is 0 Å². The van der Waals surface area contributed by atoms with Gasteiger partial charge in [-0.25, -0.2) is 0 Å².